The quantitative estimate of drug-likeness (QED) is 0.797. The molecule has 3 nitrogen and oxygen atoms in total. The lowest BCUT2D eigenvalue weighted by Gasteiger charge is -2.43. The first-order valence-corrected chi connectivity index (χ1v) is 7.08. The molecule has 0 amide bonds. The molecule has 0 aromatic heterocycles. The van der Waals surface area contributed by atoms with Gasteiger partial charge in [0.15, 0.2) is 0 Å². The van der Waals surface area contributed by atoms with Gasteiger partial charge in [-0.25, -0.2) is 0 Å². The fourth-order valence-electron chi connectivity index (χ4n) is 3.49. The maximum atomic E-state index is 5.96. The third-order valence-corrected chi connectivity index (χ3v) is 3.89. The van der Waals surface area contributed by atoms with Gasteiger partial charge in [0.1, 0.15) is 0 Å². The molecule has 0 aromatic rings. The lowest BCUT2D eigenvalue weighted by Crippen LogP contribution is -2.53. The van der Waals surface area contributed by atoms with Crippen LogP contribution in [0.25, 0.3) is 0 Å². The van der Waals surface area contributed by atoms with E-state index >= 15 is 0 Å². The maximum Gasteiger partial charge on any atom is 0.0757 e. The minimum Gasteiger partial charge on any atom is -0.370 e. The van der Waals surface area contributed by atoms with Crippen LogP contribution in [0.15, 0.2) is 0 Å². The van der Waals surface area contributed by atoms with Crippen LogP contribution < -0.4 is 5.32 Å². The number of morpholine rings is 1. The Morgan fingerprint density at radius 1 is 1.35 bits per heavy atom. The largest absolute Gasteiger partial charge is 0.370 e. The Labute approximate surface area is 106 Å². The molecule has 3 atom stereocenters. The van der Waals surface area contributed by atoms with Crippen LogP contribution in [0.3, 0.4) is 0 Å². The van der Waals surface area contributed by atoms with E-state index in [0.717, 1.165) is 19.0 Å². The summed E-state index contributed by atoms with van der Waals surface area (Å²) in [4.78, 5) is 2.61. The number of ether oxygens (including phenoxy) is 1. The molecule has 0 radical (unpaired) electrons. The molecule has 1 N–H and O–H groups in total. The average molecular weight is 240 g/mol. The molecule has 0 saturated carbocycles. The van der Waals surface area contributed by atoms with Crippen molar-refractivity contribution in [3.63, 3.8) is 0 Å². The molecular weight excluding hydrogens is 212 g/mol. The number of hydrogen-bond donors (Lipinski definition) is 1. The van der Waals surface area contributed by atoms with Crippen LogP contribution >= 0.6 is 0 Å². The molecule has 2 fully saturated rings. The molecule has 0 spiro atoms. The van der Waals surface area contributed by atoms with Crippen molar-refractivity contribution in [2.75, 3.05) is 26.2 Å². The van der Waals surface area contributed by atoms with E-state index in [4.69, 9.17) is 4.74 Å². The van der Waals surface area contributed by atoms with Gasteiger partial charge in [-0.3, -0.25) is 4.90 Å². The van der Waals surface area contributed by atoms with E-state index in [0.29, 0.717) is 12.1 Å². The van der Waals surface area contributed by atoms with Crippen LogP contribution in [-0.4, -0.2) is 48.8 Å². The summed E-state index contributed by atoms with van der Waals surface area (Å²) in [7, 11) is 0. The number of hydrogen-bond acceptors (Lipinski definition) is 3. The van der Waals surface area contributed by atoms with Crippen LogP contribution in [0.2, 0.25) is 0 Å². The van der Waals surface area contributed by atoms with Gasteiger partial charge in [-0.2, -0.15) is 0 Å². The van der Waals surface area contributed by atoms with Crippen molar-refractivity contribution in [2.45, 2.75) is 58.3 Å². The minimum atomic E-state index is 0.0240. The first kappa shape index (κ1) is 13.3. The van der Waals surface area contributed by atoms with E-state index in [2.05, 4.69) is 37.9 Å². The molecule has 0 aromatic carbocycles. The van der Waals surface area contributed by atoms with Gasteiger partial charge in [0.2, 0.25) is 0 Å². The Kier molecular flexibility index (Phi) is 4.11. The number of nitrogens with zero attached hydrogens (tertiary/aromatic N) is 1. The van der Waals surface area contributed by atoms with Crippen LogP contribution in [0.4, 0.5) is 0 Å². The van der Waals surface area contributed by atoms with Crippen LogP contribution in [0.5, 0.6) is 0 Å². The van der Waals surface area contributed by atoms with E-state index in [9.17, 15) is 0 Å². The molecule has 100 valence electrons. The summed E-state index contributed by atoms with van der Waals surface area (Å²) in [6.45, 7) is 13.5. The van der Waals surface area contributed by atoms with Gasteiger partial charge in [0, 0.05) is 25.7 Å². The van der Waals surface area contributed by atoms with Gasteiger partial charge in [0.25, 0.3) is 0 Å². The second-order valence-electron chi connectivity index (χ2n) is 6.63. The third kappa shape index (κ3) is 3.94. The van der Waals surface area contributed by atoms with Gasteiger partial charge < -0.3 is 10.1 Å². The Morgan fingerprint density at radius 3 is 2.76 bits per heavy atom. The van der Waals surface area contributed by atoms with Crippen molar-refractivity contribution in [1.82, 2.24) is 10.2 Å². The second-order valence-corrected chi connectivity index (χ2v) is 6.63. The first-order chi connectivity index (χ1) is 7.94. The van der Waals surface area contributed by atoms with E-state index in [1.165, 1.54) is 25.9 Å². The van der Waals surface area contributed by atoms with Gasteiger partial charge >= 0.3 is 0 Å². The van der Waals surface area contributed by atoms with E-state index in [-0.39, 0.29) is 5.60 Å². The van der Waals surface area contributed by atoms with Crippen LogP contribution in [0, 0.1) is 5.92 Å². The third-order valence-electron chi connectivity index (χ3n) is 3.89. The lowest BCUT2D eigenvalue weighted by molar-refractivity contribution is -0.131. The fraction of sp³-hybridized carbons (Fsp3) is 1.00. The summed E-state index contributed by atoms with van der Waals surface area (Å²) in [5, 5.41) is 3.53. The standard InChI is InChI=1S/C14H28N2O/c1-11-7-13(5-6-15-11)9-16-8-12(2)17-14(3,4)10-16/h11-13,15H,5-10H2,1-4H3. The second kappa shape index (κ2) is 5.25. The minimum absolute atomic E-state index is 0.0240. The number of piperidine rings is 1. The van der Waals surface area contributed by atoms with Gasteiger partial charge in [-0.05, 0) is 53.0 Å². The van der Waals surface area contributed by atoms with Crippen molar-refractivity contribution in [2.24, 2.45) is 5.92 Å². The van der Waals surface area contributed by atoms with Crippen molar-refractivity contribution < 1.29 is 4.74 Å². The Balaban J connectivity index is 1.85. The molecule has 2 aliphatic heterocycles. The zero-order chi connectivity index (χ0) is 12.5. The molecule has 3 unspecified atom stereocenters. The van der Waals surface area contributed by atoms with E-state index in [1.807, 2.05) is 0 Å². The van der Waals surface area contributed by atoms with Gasteiger partial charge in [-0.1, -0.05) is 0 Å². The molecule has 17 heavy (non-hydrogen) atoms. The van der Waals surface area contributed by atoms with Crippen molar-refractivity contribution in [3.05, 3.63) is 0 Å². The predicted molar refractivity (Wildman–Crippen MR) is 71.3 cm³/mol. The fourth-order valence-corrected chi connectivity index (χ4v) is 3.49. The summed E-state index contributed by atoms with van der Waals surface area (Å²) < 4.78 is 5.96. The molecule has 2 aliphatic rings. The Morgan fingerprint density at radius 2 is 2.12 bits per heavy atom. The SMILES string of the molecule is CC1CC(CN2CC(C)OC(C)(C)C2)CCN1. The zero-order valence-electron chi connectivity index (χ0n) is 11.8. The molecule has 3 heteroatoms. The number of rotatable bonds is 2. The first-order valence-electron chi connectivity index (χ1n) is 7.08. The summed E-state index contributed by atoms with van der Waals surface area (Å²) in [6, 6.07) is 0.695. The molecule has 2 saturated heterocycles. The summed E-state index contributed by atoms with van der Waals surface area (Å²) in [5.74, 6) is 0.868. The maximum absolute atomic E-state index is 5.96. The normalized spacial score (nSPS) is 39.2. The zero-order valence-corrected chi connectivity index (χ0v) is 11.8. The Hall–Kier alpha value is -0.120. The van der Waals surface area contributed by atoms with Gasteiger partial charge in [0.05, 0.1) is 11.7 Å². The lowest BCUT2D eigenvalue weighted by atomic mass is 9.92. The van der Waals surface area contributed by atoms with Crippen molar-refractivity contribution >= 4 is 0 Å². The highest BCUT2D eigenvalue weighted by molar-refractivity contribution is 4.85. The molecular formula is C14H28N2O. The van der Waals surface area contributed by atoms with Crippen LogP contribution in [0.1, 0.15) is 40.5 Å². The summed E-state index contributed by atoms with van der Waals surface area (Å²) >= 11 is 0. The molecule has 0 aliphatic carbocycles. The molecule has 2 heterocycles. The van der Waals surface area contributed by atoms with E-state index in [1.54, 1.807) is 0 Å². The predicted octanol–water partition coefficient (Wildman–Crippen LogP) is 1.87. The highest BCUT2D eigenvalue weighted by Gasteiger charge is 2.32. The topological polar surface area (TPSA) is 24.5 Å². The highest BCUT2D eigenvalue weighted by Crippen LogP contribution is 2.24. The van der Waals surface area contributed by atoms with Crippen molar-refractivity contribution in [1.29, 1.82) is 0 Å². The molecule has 0 bridgehead atoms. The summed E-state index contributed by atoms with van der Waals surface area (Å²) in [5.41, 5.74) is 0.0240. The smallest absolute Gasteiger partial charge is 0.0757 e. The molecule has 2 rings (SSSR count). The van der Waals surface area contributed by atoms with Crippen LogP contribution in [-0.2, 0) is 4.74 Å². The monoisotopic (exact) mass is 240 g/mol. The van der Waals surface area contributed by atoms with Gasteiger partial charge in [-0.15, -0.1) is 0 Å². The highest BCUT2D eigenvalue weighted by atomic mass is 16.5. The Bertz CT molecular complexity index is 255. The van der Waals surface area contributed by atoms with E-state index < -0.39 is 0 Å². The summed E-state index contributed by atoms with van der Waals surface area (Å²) in [6.07, 6.45) is 3.03. The number of nitrogens with one attached hydrogen (secondary N) is 1. The van der Waals surface area contributed by atoms with Crippen molar-refractivity contribution in [3.8, 4) is 0 Å². The average Bonchev–Trinajstić information content (AvgIpc) is 2.13.